The monoisotopic (exact) mass is 249 g/mol. The molecule has 0 saturated heterocycles. The van der Waals surface area contributed by atoms with Gasteiger partial charge in [-0.1, -0.05) is 20.8 Å². The van der Waals surface area contributed by atoms with Crippen molar-refractivity contribution in [2.24, 2.45) is 5.73 Å². The zero-order valence-electron chi connectivity index (χ0n) is 12.3. The van der Waals surface area contributed by atoms with Gasteiger partial charge in [0.05, 0.1) is 22.1 Å². The number of aryl methyl sites for hydroxylation is 1. The van der Waals surface area contributed by atoms with Gasteiger partial charge in [-0.15, -0.1) is 0 Å². The Kier molecular flexibility index (Phi) is 6.85. The highest BCUT2D eigenvalue weighted by atomic mass is 16.5. The van der Waals surface area contributed by atoms with Crippen molar-refractivity contribution >= 4 is 7.85 Å². The standard InChI is InChI=1S/C12H18BNO2.C2H6/c1-8-5-11(16-4)9(6-10(8)15-3)7-12(2,13)14;1-2/h5-6H,7,14H2,1-4H3;1-2H3. The lowest BCUT2D eigenvalue weighted by molar-refractivity contribution is 0.394. The molecule has 1 rings (SSSR count). The van der Waals surface area contributed by atoms with Crippen LogP contribution in [0.2, 0.25) is 0 Å². The van der Waals surface area contributed by atoms with Crippen molar-refractivity contribution in [2.45, 2.75) is 39.6 Å². The van der Waals surface area contributed by atoms with E-state index >= 15 is 0 Å². The van der Waals surface area contributed by atoms with E-state index in [1.807, 2.05) is 32.9 Å². The van der Waals surface area contributed by atoms with Crippen LogP contribution in [0.15, 0.2) is 12.1 Å². The van der Waals surface area contributed by atoms with Gasteiger partial charge in [0.25, 0.3) is 0 Å². The molecule has 0 spiro atoms. The van der Waals surface area contributed by atoms with Gasteiger partial charge in [-0.3, -0.25) is 0 Å². The molecule has 100 valence electrons. The van der Waals surface area contributed by atoms with Crippen molar-refractivity contribution < 1.29 is 9.47 Å². The summed E-state index contributed by atoms with van der Waals surface area (Å²) in [4.78, 5) is 0. The molecule has 0 bridgehead atoms. The van der Waals surface area contributed by atoms with Crippen LogP contribution in [-0.4, -0.2) is 27.5 Å². The van der Waals surface area contributed by atoms with Gasteiger partial charge in [-0.25, -0.2) is 0 Å². The van der Waals surface area contributed by atoms with Gasteiger partial charge in [0.15, 0.2) is 0 Å². The van der Waals surface area contributed by atoms with Gasteiger partial charge in [-0.2, -0.15) is 0 Å². The molecule has 1 unspecified atom stereocenters. The maximum absolute atomic E-state index is 5.80. The Bertz CT molecular complexity index is 373. The molecule has 18 heavy (non-hydrogen) atoms. The molecule has 0 heterocycles. The second-order valence-electron chi connectivity index (χ2n) is 4.32. The van der Waals surface area contributed by atoms with Gasteiger partial charge in [0, 0.05) is 0 Å². The third-order valence-corrected chi connectivity index (χ3v) is 2.37. The zero-order valence-corrected chi connectivity index (χ0v) is 12.3. The molecule has 0 fully saturated rings. The third kappa shape index (κ3) is 5.00. The molecular formula is C14H24BNO2. The number of nitrogens with two attached hydrogens (primary N) is 1. The van der Waals surface area contributed by atoms with Crippen LogP contribution in [0.5, 0.6) is 11.5 Å². The largest absolute Gasteiger partial charge is 0.496 e. The van der Waals surface area contributed by atoms with E-state index in [-0.39, 0.29) is 0 Å². The van der Waals surface area contributed by atoms with Crippen molar-refractivity contribution in [2.75, 3.05) is 14.2 Å². The summed E-state index contributed by atoms with van der Waals surface area (Å²) in [6.45, 7) is 7.74. The van der Waals surface area contributed by atoms with Crippen molar-refractivity contribution in [1.82, 2.24) is 0 Å². The van der Waals surface area contributed by atoms with Crippen molar-refractivity contribution in [3.63, 3.8) is 0 Å². The molecule has 4 heteroatoms. The van der Waals surface area contributed by atoms with Gasteiger partial charge >= 0.3 is 0 Å². The van der Waals surface area contributed by atoms with E-state index in [0.717, 1.165) is 22.6 Å². The molecule has 3 nitrogen and oxygen atoms in total. The van der Waals surface area contributed by atoms with Gasteiger partial charge in [-0.05, 0) is 42.0 Å². The average Bonchev–Trinajstić information content (AvgIpc) is 2.31. The van der Waals surface area contributed by atoms with Crippen molar-refractivity contribution in [1.29, 1.82) is 0 Å². The number of ether oxygens (including phenoxy) is 2. The smallest absolute Gasteiger partial charge is 0.122 e. The van der Waals surface area contributed by atoms with Gasteiger partial charge < -0.3 is 15.2 Å². The molecule has 2 N–H and O–H groups in total. The Balaban J connectivity index is 0.00000137. The van der Waals surface area contributed by atoms with Crippen LogP contribution in [0, 0.1) is 6.92 Å². The molecule has 0 aromatic heterocycles. The van der Waals surface area contributed by atoms with E-state index in [1.54, 1.807) is 21.1 Å². The highest BCUT2D eigenvalue weighted by Crippen LogP contribution is 2.29. The van der Waals surface area contributed by atoms with Crippen molar-refractivity contribution in [3.8, 4) is 11.5 Å². The van der Waals surface area contributed by atoms with Crippen LogP contribution >= 0.6 is 0 Å². The average molecular weight is 249 g/mol. The summed E-state index contributed by atoms with van der Waals surface area (Å²) in [6, 6.07) is 3.85. The molecule has 0 aliphatic heterocycles. The zero-order chi connectivity index (χ0) is 14.3. The minimum Gasteiger partial charge on any atom is -0.496 e. The van der Waals surface area contributed by atoms with E-state index in [9.17, 15) is 0 Å². The Morgan fingerprint density at radius 2 is 1.67 bits per heavy atom. The van der Waals surface area contributed by atoms with Gasteiger partial charge in [0.1, 0.15) is 11.5 Å². The van der Waals surface area contributed by atoms with E-state index < -0.39 is 5.44 Å². The number of hydrogen-bond acceptors (Lipinski definition) is 3. The van der Waals surface area contributed by atoms with E-state index in [0.29, 0.717) is 6.42 Å². The fraction of sp³-hybridized carbons (Fsp3) is 0.571. The lowest BCUT2D eigenvalue weighted by Crippen LogP contribution is -2.38. The summed E-state index contributed by atoms with van der Waals surface area (Å²) >= 11 is 0. The van der Waals surface area contributed by atoms with Crippen LogP contribution in [0.1, 0.15) is 31.9 Å². The van der Waals surface area contributed by atoms with Crippen LogP contribution in [0.25, 0.3) is 0 Å². The number of rotatable bonds is 4. The lowest BCUT2D eigenvalue weighted by Gasteiger charge is -2.21. The maximum atomic E-state index is 5.80. The van der Waals surface area contributed by atoms with Crippen LogP contribution in [0.3, 0.4) is 0 Å². The number of methoxy groups -OCH3 is 2. The Morgan fingerprint density at radius 3 is 2.06 bits per heavy atom. The molecular weight excluding hydrogens is 225 g/mol. The summed E-state index contributed by atoms with van der Waals surface area (Å²) in [7, 11) is 9.08. The van der Waals surface area contributed by atoms with Gasteiger partial charge in [0.2, 0.25) is 0 Å². The first-order valence-electron chi connectivity index (χ1n) is 6.16. The summed E-state index contributed by atoms with van der Waals surface area (Å²) < 4.78 is 10.6. The topological polar surface area (TPSA) is 44.5 Å². The quantitative estimate of drug-likeness (QED) is 0.833. The predicted molar refractivity (Wildman–Crippen MR) is 77.7 cm³/mol. The predicted octanol–water partition coefficient (Wildman–Crippen LogP) is 2.42. The Morgan fingerprint density at radius 1 is 1.17 bits per heavy atom. The number of hydrogen-bond donors (Lipinski definition) is 1. The third-order valence-electron chi connectivity index (χ3n) is 2.37. The van der Waals surface area contributed by atoms with Crippen LogP contribution < -0.4 is 15.2 Å². The fourth-order valence-electron chi connectivity index (χ4n) is 1.66. The molecule has 0 saturated carbocycles. The molecule has 1 atom stereocenters. The first-order chi connectivity index (χ1) is 8.37. The second kappa shape index (κ2) is 7.32. The fourth-order valence-corrected chi connectivity index (χ4v) is 1.66. The summed E-state index contributed by atoms with van der Waals surface area (Å²) in [5.41, 5.74) is 7.03. The molecule has 2 radical (unpaired) electrons. The molecule has 0 amide bonds. The molecule has 1 aromatic carbocycles. The molecule has 1 aromatic rings. The molecule has 0 aliphatic rings. The highest BCUT2D eigenvalue weighted by Gasteiger charge is 2.16. The van der Waals surface area contributed by atoms with E-state index in [4.69, 9.17) is 23.1 Å². The molecule has 0 aliphatic carbocycles. The Hall–Kier alpha value is -1.16. The van der Waals surface area contributed by atoms with Crippen molar-refractivity contribution in [3.05, 3.63) is 23.3 Å². The normalized spacial score (nSPS) is 13.1. The Labute approximate surface area is 112 Å². The summed E-state index contributed by atoms with van der Waals surface area (Å²) in [6.07, 6.45) is 0.535. The summed E-state index contributed by atoms with van der Waals surface area (Å²) in [5.74, 6) is 1.61. The van der Waals surface area contributed by atoms with Crippen LogP contribution in [-0.2, 0) is 6.42 Å². The van der Waals surface area contributed by atoms with E-state index in [1.165, 1.54) is 0 Å². The highest BCUT2D eigenvalue weighted by molar-refractivity contribution is 6.15. The maximum Gasteiger partial charge on any atom is 0.122 e. The second-order valence-corrected chi connectivity index (χ2v) is 4.32. The minimum atomic E-state index is -0.756. The number of benzene rings is 1. The van der Waals surface area contributed by atoms with E-state index in [2.05, 4.69) is 0 Å². The van der Waals surface area contributed by atoms with Crippen LogP contribution in [0.4, 0.5) is 0 Å². The minimum absolute atomic E-state index is 0.535. The summed E-state index contributed by atoms with van der Waals surface area (Å²) in [5, 5.41) is 0. The lowest BCUT2D eigenvalue weighted by atomic mass is 9.76. The first-order valence-corrected chi connectivity index (χ1v) is 6.16. The SMILES string of the molecule is CC.[B]C(C)(N)Cc1cc(OC)c(C)cc1OC. The first kappa shape index (κ1) is 16.8.